The second-order valence-corrected chi connectivity index (χ2v) is 9.21. The first-order valence-electron chi connectivity index (χ1n) is 11.0. The van der Waals surface area contributed by atoms with Crippen molar-refractivity contribution in [1.82, 2.24) is 9.88 Å². The number of hydrogen-bond donors (Lipinski definition) is 1. The lowest BCUT2D eigenvalue weighted by molar-refractivity contribution is 0.00984. The molecule has 1 aromatic carbocycles. The van der Waals surface area contributed by atoms with E-state index in [9.17, 15) is 9.90 Å². The number of amides is 1. The number of carbonyl (C=O) groups is 1. The number of carbonyl (C=O) groups excluding carboxylic acids is 1. The molecule has 1 aliphatic heterocycles. The smallest absolute Gasteiger partial charge is 0.410 e. The number of benzene rings is 1. The Morgan fingerprint density at radius 1 is 1.19 bits per heavy atom. The molecule has 1 aromatic heterocycles. The summed E-state index contributed by atoms with van der Waals surface area (Å²) in [5.74, 6) is 0.670. The van der Waals surface area contributed by atoms with Crippen molar-refractivity contribution in [3.05, 3.63) is 58.9 Å². The normalized spacial score (nSPS) is 16.8. The lowest BCUT2D eigenvalue weighted by Gasteiger charge is -2.36. The Bertz CT molecular complexity index is 891. The van der Waals surface area contributed by atoms with Crippen LogP contribution < -0.4 is 4.74 Å². The van der Waals surface area contributed by atoms with Crippen LogP contribution in [0.4, 0.5) is 4.79 Å². The monoisotopic (exact) mass is 426 g/mol. The van der Waals surface area contributed by atoms with Crippen molar-refractivity contribution < 1.29 is 19.4 Å². The molecule has 1 N–H and O–H groups in total. The van der Waals surface area contributed by atoms with E-state index in [1.165, 1.54) is 0 Å². The Hall–Kier alpha value is -2.60. The highest BCUT2D eigenvalue weighted by molar-refractivity contribution is 5.68. The second-order valence-electron chi connectivity index (χ2n) is 9.21. The zero-order valence-electron chi connectivity index (χ0n) is 19.1. The highest BCUT2D eigenvalue weighted by Crippen LogP contribution is 2.24. The first kappa shape index (κ1) is 23.1. The molecule has 31 heavy (non-hydrogen) atoms. The molecule has 1 amide bonds. The largest absolute Gasteiger partial charge is 0.487 e. The summed E-state index contributed by atoms with van der Waals surface area (Å²) < 4.78 is 11.5. The number of aliphatic hydroxyl groups is 1. The molecule has 6 nitrogen and oxygen atoms in total. The lowest BCUT2D eigenvalue weighted by Crippen LogP contribution is -2.47. The van der Waals surface area contributed by atoms with Gasteiger partial charge < -0.3 is 19.5 Å². The molecule has 0 spiro atoms. The van der Waals surface area contributed by atoms with Gasteiger partial charge in [0.2, 0.25) is 0 Å². The van der Waals surface area contributed by atoms with Gasteiger partial charge in [0.15, 0.2) is 0 Å². The number of rotatable bonds is 6. The highest BCUT2D eigenvalue weighted by Gasteiger charge is 2.30. The molecule has 1 fully saturated rings. The van der Waals surface area contributed by atoms with Crippen LogP contribution in [0.1, 0.15) is 62.5 Å². The number of likely N-dealkylation sites (tertiary alicyclic amines) is 1. The van der Waals surface area contributed by atoms with Crippen molar-refractivity contribution in [3.63, 3.8) is 0 Å². The fraction of sp³-hybridized carbons (Fsp3) is 0.520. The van der Waals surface area contributed by atoms with E-state index in [4.69, 9.17) is 14.5 Å². The number of hydrogen-bond acceptors (Lipinski definition) is 5. The summed E-state index contributed by atoms with van der Waals surface area (Å²) in [5, 5.41) is 9.57. The van der Waals surface area contributed by atoms with Crippen LogP contribution in [0.2, 0.25) is 0 Å². The summed E-state index contributed by atoms with van der Waals surface area (Å²) >= 11 is 0. The van der Waals surface area contributed by atoms with Gasteiger partial charge in [0.25, 0.3) is 0 Å². The molecule has 1 atom stereocenters. The Balaban J connectivity index is 1.66. The van der Waals surface area contributed by atoms with Gasteiger partial charge in [-0.25, -0.2) is 4.79 Å². The fourth-order valence-corrected chi connectivity index (χ4v) is 3.86. The van der Waals surface area contributed by atoms with Gasteiger partial charge in [-0.15, -0.1) is 0 Å². The standard InChI is InChI=1S/C25H34N2O4/c1-18-11-12-23(19(14-18)16-28)30-17-21-9-7-8-20(26-21)15-22-10-5-6-13-27(22)24(29)31-25(2,3)4/h7-9,11-12,14,22,28H,5-6,10,13,15-17H2,1-4H3. The molecule has 6 heteroatoms. The van der Waals surface area contributed by atoms with Crippen molar-refractivity contribution in [2.24, 2.45) is 0 Å². The van der Waals surface area contributed by atoms with Crippen LogP contribution in [-0.2, 0) is 24.4 Å². The van der Waals surface area contributed by atoms with E-state index in [-0.39, 0.29) is 18.7 Å². The van der Waals surface area contributed by atoms with E-state index >= 15 is 0 Å². The number of piperidine rings is 1. The van der Waals surface area contributed by atoms with E-state index in [1.807, 2.05) is 69.0 Å². The molecule has 2 aromatic rings. The van der Waals surface area contributed by atoms with Gasteiger partial charge in [0, 0.05) is 30.3 Å². The fourth-order valence-electron chi connectivity index (χ4n) is 3.86. The maximum Gasteiger partial charge on any atom is 0.410 e. The summed E-state index contributed by atoms with van der Waals surface area (Å²) in [6, 6.07) is 11.8. The van der Waals surface area contributed by atoms with Crippen LogP contribution >= 0.6 is 0 Å². The molecule has 168 valence electrons. The van der Waals surface area contributed by atoms with E-state index in [1.54, 1.807) is 0 Å². The van der Waals surface area contributed by atoms with E-state index < -0.39 is 5.60 Å². The number of aryl methyl sites for hydroxylation is 1. The quantitative estimate of drug-likeness (QED) is 0.719. The zero-order chi connectivity index (χ0) is 22.4. The number of aliphatic hydroxyl groups excluding tert-OH is 1. The number of pyridine rings is 1. The van der Waals surface area contributed by atoms with Crippen molar-refractivity contribution in [2.75, 3.05) is 6.54 Å². The Labute approximate surface area is 185 Å². The second kappa shape index (κ2) is 10.1. The zero-order valence-corrected chi connectivity index (χ0v) is 19.1. The Morgan fingerprint density at radius 2 is 1.97 bits per heavy atom. The van der Waals surface area contributed by atoms with Gasteiger partial charge in [-0.3, -0.25) is 4.98 Å². The number of nitrogens with zero attached hydrogens (tertiary/aromatic N) is 2. The average molecular weight is 427 g/mol. The van der Waals surface area contributed by atoms with Gasteiger partial charge in [0.05, 0.1) is 12.3 Å². The van der Waals surface area contributed by atoms with Crippen molar-refractivity contribution in [3.8, 4) is 5.75 Å². The molecule has 1 unspecified atom stereocenters. The molecular weight excluding hydrogens is 392 g/mol. The van der Waals surface area contributed by atoms with Gasteiger partial charge in [0.1, 0.15) is 18.0 Å². The predicted octanol–water partition coefficient (Wildman–Crippen LogP) is 4.79. The Morgan fingerprint density at radius 3 is 2.71 bits per heavy atom. The first-order valence-corrected chi connectivity index (χ1v) is 11.0. The first-order chi connectivity index (χ1) is 14.7. The van der Waals surface area contributed by atoms with Crippen LogP contribution in [0.5, 0.6) is 5.75 Å². The minimum Gasteiger partial charge on any atom is -0.487 e. The minimum atomic E-state index is -0.502. The van der Waals surface area contributed by atoms with Crippen molar-refractivity contribution >= 4 is 6.09 Å². The molecule has 1 aliphatic rings. The molecule has 3 rings (SSSR count). The molecular formula is C25H34N2O4. The molecule has 0 aliphatic carbocycles. The summed E-state index contributed by atoms with van der Waals surface area (Å²) in [6.45, 7) is 8.65. The summed E-state index contributed by atoms with van der Waals surface area (Å²) in [5.41, 5.74) is 3.11. The Kier molecular flexibility index (Phi) is 7.55. The third-order valence-corrected chi connectivity index (χ3v) is 5.33. The van der Waals surface area contributed by atoms with E-state index in [0.29, 0.717) is 18.8 Å². The number of aromatic nitrogens is 1. The molecule has 0 bridgehead atoms. The van der Waals surface area contributed by atoms with E-state index in [2.05, 4.69) is 0 Å². The van der Waals surface area contributed by atoms with Crippen molar-refractivity contribution in [2.45, 2.75) is 78.2 Å². The predicted molar refractivity (Wildman–Crippen MR) is 120 cm³/mol. The number of ether oxygens (including phenoxy) is 2. The van der Waals surface area contributed by atoms with Crippen LogP contribution in [0, 0.1) is 6.92 Å². The SMILES string of the molecule is Cc1ccc(OCc2cccc(CC3CCCCN3C(=O)OC(C)(C)C)n2)c(CO)c1. The molecule has 2 heterocycles. The molecule has 0 radical (unpaired) electrons. The van der Waals surface area contributed by atoms with Gasteiger partial charge >= 0.3 is 6.09 Å². The van der Waals surface area contributed by atoms with Crippen LogP contribution in [0.25, 0.3) is 0 Å². The van der Waals surface area contributed by atoms with Crippen molar-refractivity contribution in [1.29, 1.82) is 0 Å². The highest BCUT2D eigenvalue weighted by atomic mass is 16.6. The maximum atomic E-state index is 12.7. The van der Waals surface area contributed by atoms with Gasteiger partial charge in [-0.1, -0.05) is 23.8 Å². The summed E-state index contributed by atoms with van der Waals surface area (Å²) in [7, 11) is 0. The molecule has 0 saturated carbocycles. The lowest BCUT2D eigenvalue weighted by atomic mass is 9.98. The topological polar surface area (TPSA) is 71.9 Å². The summed E-state index contributed by atoms with van der Waals surface area (Å²) in [6.07, 6.45) is 3.50. The van der Waals surface area contributed by atoms with Gasteiger partial charge in [-0.2, -0.15) is 0 Å². The van der Waals surface area contributed by atoms with Crippen LogP contribution in [0.3, 0.4) is 0 Å². The van der Waals surface area contributed by atoms with Gasteiger partial charge in [-0.05, 0) is 65.2 Å². The third kappa shape index (κ3) is 6.69. The van der Waals surface area contributed by atoms with Crippen LogP contribution in [-0.4, -0.2) is 39.3 Å². The van der Waals surface area contributed by atoms with E-state index in [0.717, 1.165) is 48.3 Å². The minimum absolute atomic E-state index is 0.0628. The maximum absolute atomic E-state index is 12.7. The summed E-state index contributed by atoms with van der Waals surface area (Å²) in [4.78, 5) is 19.3. The third-order valence-electron chi connectivity index (χ3n) is 5.33. The van der Waals surface area contributed by atoms with Crippen LogP contribution in [0.15, 0.2) is 36.4 Å². The average Bonchev–Trinajstić information content (AvgIpc) is 2.72. The molecule has 1 saturated heterocycles.